The van der Waals surface area contributed by atoms with Gasteiger partial charge in [0.05, 0.1) is 16.6 Å². The summed E-state index contributed by atoms with van der Waals surface area (Å²) >= 11 is 3.17. The molecule has 2 aromatic heterocycles. The fraction of sp³-hybridized carbons (Fsp3) is 0.417. The molecule has 1 aromatic carbocycles. The highest BCUT2D eigenvalue weighted by Crippen LogP contribution is 2.36. The molecular formula is C24H27N5O2S2. The van der Waals surface area contributed by atoms with Gasteiger partial charge in [0.25, 0.3) is 0 Å². The van der Waals surface area contributed by atoms with Crippen LogP contribution in [0.1, 0.15) is 55.8 Å². The Balaban J connectivity index is 1.40. The number of anilines is 2. The minimum absolute atomic E-state index is 0.0275. The number of hydrogen-bond donors (Lipinski definition) is 1. The molecule has 2 aliphatic rings. The second-order valence-corrected chi connectivity index (χ2v) is 10.9. The van der Waals surface area contributed by atoms with Crippen molar-refractivity contribution in [3.05, 3.63) is 52.5 Å². The summed E-state index contributed by atoms with van der Waals surface area (Å²) in [4.78, 5) is 28.5. The Kier molecular flexibility index (Phi) is 6.50. The van der Waals surface area contributed by atoms with Crippen molar-refractivity contribution in [2.75, 3.05) is 16.8 Å². The number of aromatic nitrogens is 3. The third kappa shape index (κ3) is 4.70. The number of nitrogens with one attached hydrogen (secondary N) is 1. The van der Waals surface area contributed by atoms with Crippen molar-refractivity contribution < 1.29 is 9.59 Å². The van der Waals surface area contributed by atoms with Gasteiger partial charge in [0.15, 0.2) is 5.16 Å². The van der Waals surface area contributed by atoms with E-state index in [9.17, 15) is 9.59 Å². The summed E-state index contributed by atoms with van der Waals surface area (Å²) < 4.78 is 2.28. The number of fused-ring (bicyclic) bond motifs is 1. The Morgan fingerprint density at radius 1 is 1.18 bits per heavy atom. The first-order valence-corrected chi connectivity index (χ1v) is 13.2. The molecule has 0 bridgehead atoms. The van der Waals surface area contributed by atoms with Gasteiger partial charge in [-0.25, -0.2) is 0 Å². The molecule has 0 spiro atoms. The van der Waals surface area contributed by atoms with Gasteiger partial charge in [-0.1, -0.05) is 49.2 Å². The van der Waals surface area contributed by atoms with Crippen LogP contribution in [0.25, 0.3) is 0 Å². The lowest BCUT2D eigenvalue weighted by atomic mass is 9.95. The van der Waals surface area contributed by atoms with Crippen LogP contribution in [-0.4, -0.2) is 38.4 Å². The van der Waals surface area contributed by atoms with Gasteiger partial charge >= 0.3 is 0 Å². The molecule has 1 N–H and O–H groups in total. The fourth-order valence-corrected chi connectivity index (χ4v) is 6.34. The summed E-state index contributed by atoms with van der Waals surface area (Å²) in [6, 6.07) is 12.0. The van der Waals surface area contributed by atoms with E-state index in [0.29, 0.717) is 11.7 Å². The highest BCUT2D eigenvalue weighted by Gasteiger charge is 2.32. The second kappa shape index (κ2) is 9.69. The number of para-hydroxylation sites is 2. The largest absolute Gasteiger partial charge is 0.323 e. The normalized spacial score (nSPS) is 17.5. The van der Waals surface area contributed by atoms with E-state index in [1.54, 1.807) is 16.2 Å². The number of amides is 2. The Bertz CT molecular complexity index is 1140. The number of thioether (sulfide) groups is 1. The zero-order chi connectivity index (χ0) is 22.8. The molecule has 5 rings (SSSR count). The molecule has 0 saturated heterocycles. The van der Waals surface area contributed by atoms with Gasteiger partial charge in [-0.2, -0.15) is 0 Å². The van der Waals surface area contributed by atoms with E-state index in [4.69, 9.17) is 0 Å². The van der Waals surface area contributed by atoms with Crippen LogP contribution in [-0.2, 0) is 16.0 Å². The maximum atomic E-state index is 13.4. The number of nitrogens with zero attached hydrogens (tertiary/aromatic N) is 4. The molecule has 33 heavy (non-hydrogen) atoms. The molecule has 1 atom stereocenters. The van der Waals surface area contributed by atoms with Crippen molar-refractivity contribution in [2.45, 2.75) is 61.9 Å². The average molecular weight is 482 g/mol. The van der Waals surface area contributed by atoms with Gasteiger partial charge in [0, 0.05) is 17.3 Å². The smallest absolute Gasteiger partial charge is 0.244 e. The van der Waals surface area contributed by atoms with Crippen LogP contribution in [0.5, 0.6) is 0 Å². The minimum Gasteiger partial charge on any atom is -0.323 e. The topological polar surface area (TPSA) is 80.1 Å². The van der Waals surface area contributed by atoms with Gasteiger partial charge in [-0.05, 0) is 43.3 Å². The molecule has 3 heterocycles. The zero-order valence-electron chi connectivity index (χ0n) is 18.6. The van der Waals surface area contributed by atoms with Crippen molar-refractivity contribution in [2.24, 2.45) is 0 Å². The summed E-state index contributed by atoms with van der Waals surface area (Å²) in [6.07, 6.45) is 6.67. The molecule has 7 nitrogen and oxygen atoms in total. The summed E-state index contributed by atoms with van der Waals surface area (Å²) in [5.41, 5.74) is 1.41. The third-order valence-electron chi connectivity index (χ3n) is 6.25. The van der Waals surface area contributed by atoms with E-state index in [-0.39, 0.29) is 18.4 Å². The molecule has 1 aliphatic heterocycles. The van der Waals surface area contributed by atoms with Gasteiger partial charge in [-0.15, -0.1) is 21.5 Å². The third-order valence-corrected chi connectivity index (χ3v) is 8.17. The van der Waals surface area contributed by atoms with Crippen molar-refractivity contribution >= 4 is 46.3 Å². The number of rotatable bonds is 6. The van der Waals surface area contributed by atoms with E-state index in [0.717, 1.165) is 35.9 Å². The lowest BCUT2D eigenvalue weighted by molar-refractivity contribution is -0.121. The van der Waals surface area contributed by atoms with Gasteiger partial charge in [-0.3, -0.25) is 14.5 Å². The Hall–Kier alpha value is -2.65. The highest BCUT2D eigenvalue weighted by molar-refractivity contribution is 8.00. The second-order valence-electron chi connectivity index (χ2n) is 8.57. The van der Waals surface area contributed by atoms with Crippen molar-refractivity contribution in [1.29, 1.82) is 0 Å². The minimum atomic E-state index is -0.398. The maximum absolute atomic E-state index is 13.4. The van der Waals surface area contributed by atoms with Gasteiger partial charge in [0.1, 0.15) is 12.4 Å². The van der Waals surface area contributed by atoms with E-state index in [1.165, 1.54) is 35.9 Å². The standard InChI is InChI=1S/C24H27N5O2S2/c1-16(23(31)28-15-22(30)25-19-11-5-6-12-20(19)28)33-24-27-26-21(14-18-10-7-13-32-18)29(24)17-8-3-2-4-9-17/h5-7,10-13,16-17H,2-4,8-9,14-15H2,1H3,(H,25,30)/t16-/m0/s1. The van der Waals surface area contributed by atoms with Crippen LogP contribution < -0.4 is 10.2 Å². The van der Waals surface area contributed by atoms with Gasteiger partial charge in [0.2, 0.25) is 11.8 Å². The first-order valence-electron chi connectivity index (χ1n) is 11.4. The van der Waals surface area contributed by atoms with Crippen LogP contribution in [0.15, 0.2) is 46.9 Å². The summed E-state index contributed by atoms with van der Waals surface area (Å²) in [5, 5.41) is 14.4. The predicted molar refractivity (Wildman–Crippen MR) is 132 cm³/mol. The lowest BCUT2D eigenvalue weighted by Gasteiger charge is -2.31. The number of thiophene rings is 1. The van der Waals surface area contributed by atoms with Gasteiger partial charge < -0.3 is 9.88 Å². The van der Waals surface area contributed by atoms with Crippen LogP contribution in [0.4, 0.5) is 11.4 Å². The van der Waals surface area contributed by atoms with Crippen LogP contribution in [0, 0.1) is 0 Å². The summed E-state index contributed by atoms with van der Waals surface area (Å²) in [6.45, 7) is 1.92. The van der Waals surface area contributed by atoms with Crippen molar-refractivity contribution in [1.82, 2.24) is 14.8 Å². The number of hydrogen-bond acceptors (Lipinski definition) is 6. The molecule has 3 aromatic rings. The Labute approximate surface area is 201 Å². The highest BCUT2D eigenvalue weighted by atomic mass is 32.2. The number of carbonyl (C=O) groups excluding carboxylic acids is 2. The molecule has 9 heteroatoms. The quantitative estimate of drug-likeness (QED) is 0.507. The molecular weight excluding hydrogens is 454 g/mol. The molecule has 1 aliphatic carbocycles. The number of carbonyl (C=O) groups is 2. The monoisotopic (exact) mass is 481 g/mol. The van der Waals surface area contributed by atoms with Crippen LogP contribution in [0.3, 0.4) is 0 Å². The van der Waals surface area contributed by atoms with Crippen molar-refractivity contribution in [3.63, 3.8) is 0 Å². The summed E-state index contributed by atoms with van der Waals surface area (Å²) in [7, 11) is 0. The fourth-order valence-electron chi connectivity index (χ4n) is 4.64. The molecule has 0 unspecified atom stereocenters. The maximum Gasteiger partial charge on any atom is 0.244 e. The lowest BCUT2D eigenvalue weighted by Crippen LogP contribution is -2.45. The molecule has 1 fully saturated rings. The average Bonchev–Trinajstić information content (AvgIpc) is 3.49. The Morgan fingerprint density at radius 2 is 2.00 bits per heavy atom. The van der Waals surface area contributed by atoms with Crippen LogP contribution >= 0.6 is 23.1 Å². The van der Waals surface area contributed by atoms with Crippen LogP contribution in [0.2, 0.25) is 0 Å². The molecule has 2 amide bonds. The summed E-state index contributed by atoms with van der Waals surface area (Å²) in [5.74, 6) is 0.692. The van der Waals surface area contributed by atoms with Crippen molar-refractivity contribution in [3.8, 4) is 0 Å². The van der Waals surface area contributed by atoms with E-state index >= 15 is 0 Å². The molecule has 0 radical (unpaired) electrons. The van der Waals surface area contributed by atoms with E-state index in [2.05, 4.69) is 37.6 Å². The van der Waals surface area contributed by atoms with E-state index in [1.807, 2.05) is 31.2 Å². The first kappa shape index (κ1) is 22.2. The van der Waals surface area contributed by atoms with E-state index < -0.39 is 5.25 Å². The molecule has 1 saturated carbocycles. The molecule has 172 valence electrons. The number of benzene rings is 1. The first-order chi connectivity index (χ1) is 16.1. The predicted octanol–water partition coefficient (Wildman–Crippen LogP) is 4.90. The SMILES string of the molecule is C[C@H](Sc1nnc(Cc2cccs2)n1C1CCCCC1)C(=O)N1CC(=O)Nc2ccccc21. The zero-order valence-corrected chi connectivity index (χ0v) is 20.2. The Morgan fingerprint density at radius 3 is 2.79 bits per heavy atom.